The Bertz CT molecular complexity index is 656. The van der Waals surface area contributed by atoms with Gasteiger partial charge in [-0.15, -0.1) is 0 Å². The first-order valence-corrected chi connectivity index (χ1v) is 7.63. The molecule has 3 heteroatoms. The van der Waals surface area contributed by atoms with Crippen molar-refractivity contribution in [3.8, 4) is 0 Å². The van der Waals surface area contributed by atoms with E-state index in [0.29, 0.717) is 5.25 Å². The summed E-state index contributed by atoms with van der Waals surface area (Å²) in [7, 11) is 0. The van der Waals surface area contributed by atoms with Crippen LogP contribution in [0.1, 0.15) is 10.8 Å². The van der Waals surface area contributed by atoms with Crippen molar-refractivity contribution in [2.75, 3.05) is 6.26 Å². The summed E-state index contributed by atoms with van der Waals surface area (Å²) in [6, 6.07) is 15.1. The summed E-state index contributed by atoms with van der Waals surface area (Å²) in [5.41, 5.74) is 1.40. The number of fused-ring (bicyclic) bond motifs is 1. The van der Waals surface area contributed by atoms with Crippen LogP contribution in [0, 0.1) is 0 Å². The van der Waals surface area contributed by atoms with Crippen molar-refractivity contribution in [2.24, 2.45) is 0 Å². The standard InChI is InChI=1S/C16H16N2S/c1-19-16(11-18-10-9-17-12-18)15-8-4-6-13-5-2-3-7-14(13)15/h2-10,12,16H,11H2,1H3. The number of aromatic nitrogens is 2. The minimum absolute atomic E-state index is 0.445. The van der Waals surface area contributed by atoms with Crippen molar-refractivity contribution in [2.45, 2.75) is 11.8 Å². The smallest absolute Gasteiger partial charge is 0.0946 e. The van der Waals surface area contributed by atoms with Crippen LogP contribution >= 0.6 is 11.8 Å². The fraction of sp³-hybridized carbons (Fsp3) is 0.188. The molecule has 96 valence electrons. The summed E-state index contributed by atoms with van der Waals surface area (Å²) < 4.78 is 2.14. The van der Waals surface area contributed by atoms with Gasteiger partial charge in [-0.3, -0.25) is 0 Å². The van der Waals surface area contributed by atoms with Crippen LogP contribution in [0.2, 0.25) is 0 Å². The van der Waals surface area contributed by atoms with Gasteiger partial charge in [0.15, 0.2) is 0 Å². The van der Waals surface area contributed by atoms with Crippen LogP contribution in [0.15, 0.2) is 61.2 Å². The van der Waals surface area contributed by atoms with Crippen LogP contribution in [0.5, 0.6) is 0 Å². The number of rotatable bonds is 4. The van der Waals surface area contributed by atoms with Gasteiger partial charge in [0.1, 0.15) is 0 Å². The van der Waals surface area contributed by atoms with Gasteiger partial charge in [0.25, 0.3) is 0 Å². The third-order valence-corrected chi connectivity index (χ3v) is 4.36. The van der Waals surface area contributed by atoms with E-state index in [1.165, 1.54) is 16.3 Å². The van der Waals surface area contributed by atoms with Crippen LogP contribution in [0.3, 0.4) is 0 Å². The predicted molar refractivity (Wildman–Crippen MR) is 82.4 cm³/mol. The molecule has 0 fully saturated rings. The van der Waals surface area contributed by atoms with E-state index in [9.17, 15) is 0 Å². The maximum absolute atomic E-state index is 4.12. The largest absolute Gasteiger partial charge is 0.336 e. The van der Waals surface area contributed by atoms with Gasteiger partial charge < -0.3 is 4.57 Å². The SMILES string of the molecule is CSC(Cn1ccnc1)c1cccc2ccccc12. The molecule has 2 aromatic carbocycles. The molecule has 0 amide bonds. The van der Waals surface area contributed by atoms with E-state index in [1.807, 2.05) is 30.5 Å². The van der Waals surface area contributed by atoms with Gasteiger partial charge in [0, 0.05) is 24.2 Å². The van der Waals surface area contributed by atoms with Crippen molar-refractivity contribution in [1.29, 1.82) is 0 Å². The summed E-state index contributed by atoms with van der Waals surface area (Å²) >= 11 is 1.89. The molecule has 1 heterocycles. The second-order valence-electron chi connectivity index (χ2n) is 4.55. The average Bonchev–Trinajstić information content (AvgIpc) is 2.97. The molecule has 0 radical (unpaired) electrons. The highest BCUT2D eigenvalue weighted by Gasteiger charge is 2.13. The maximum Gasteiger partial charge on any atom is 0.0946 e. The lowest BCUT2D eigenvalue weighted by Gasteiger charge is -2.17. The molecule has 2 nitrogen and oxygen atoms in total. The lowest BCUT2D eigenvalue weighted by molar-refractivity contribution is 0.687. The van der Waals surface area contributed by atoms with Gasteiger partial charge in [-0.25, -0.2) is 4.98 Å². The second kappa shape index (κ2) is 5.49. The molecule has 0 aliphatic rings. The van der Waals surface area contributed by atoms with Gasteiger partial charge in [0.05, 0.1) is 6.33 Å². The minimum Gasteiger partial charge on any atom is -0.336 e. The second-order valence-corrected chi connectivity index (χ2v) is 5.59. The van der Waals surface area contributed by atoms with Crippen LogP contribution in [-0.2, 0) is 6.54 Å². The van der Waals surface area contributed by atoms with Crippen molar-refractivity contribution in [3.63, 3.8) is 0 Å². The minimum atomic E-state index is 0.445. The van der Waals surface area contributed by atoms with Gasteiger partial charge in [0.2, 0.25) is 0 Å². The van der Waals surface area contributed by atoms with Crippen molar-refractivity contribution in [3.05, 3.63) is 66.7 Å². The highest BCUT2D eigenvalue weighted by Crippen LogP contribution is 2.33. The van der Waals surface area contributed by atoms with E-state index in [0.717, 1.165) is 6.54 Å². The average molecular weight is 268 g/mol. The van der Waals surface area contributed by atoms with E-state index in [-0.39, 0.29) is 0 Å². The Morgan fingerprint density at radius 1 is 1.16 bits per heavy atom. The molecule has 1 unspecified atom stereocenters. The zero-order chi connectivity index (χ0) is 13.1. The number of thioether (sulfide) groups is 1. The Kier molecular flexibility index (Phi) is 3.56. The third-order valence-electron chi connectivity index (χ3n) is 3.39. The van der Waals surface area contributed by atoms with E-state index < -0.39 is 0 Å². The van der Waals surface area contributed by atoms with E-state index >= 15 is 0 Å². The monoisotopic (exact) mass is 268 g/mol. The Morgan fingerprint density at radius 2 is 2.00 bits per heavy atom. The van der Waals surface area contributed by atoms with E-state index in [4.69, 9.17) is 0 Å². The lowest BCUT2D eigenvalue weighted by Crippen LogP contribution is -2.05. The van der Waals surface area contributed by atoms with Crippen LogP contribution in [0.4, 0.5) is 0 Å². The van der Waals surface area contributed by atoms with Gasteiger partial charge >= 0.3 is 0 Å². The van der Waals surface area contributed by atoms with Crippen molar-refractivity contribution < 1.29 is 0 Å². The fourth-order valence-corrected chi connectivity index (χ4v) is 3.20. The van der Waals surface area contributed by atoms with Crippen LogP contribution < -0.4 is 0 Å². The van der Waals surface area contributed by atoms with Crippen LogP contribution in [-0.4, -0.2) is 15.8 Å². The lowest BCUT2D eigenvalue weighted by atomic mass is 10.0. The molecule has 1 aromatic heterocycles. The van der Waals surface area contributed by atoms with Crippen LogP contribution in [0.25, 0.3) is 10.8 Å². The molecule has 19 heavy (non-hydrogen) atoms. The molecule has 0 saturated carbocycles. The summed E-state index contributed by atoms with van der Waals surface area (Å²) in [4.78, 5) is 4.12. The number of benzene rings is 2. The number of hydrogen-bond acceptors (Lipinski definition) is 2. The molecule has 0 saturated heterocycles. The summed E-state index contributed by atoms with van der Waals surface area (Å²) in [6.07, 6.45) is 7.91. The molecule has 1 atom stereocenters. The molecule has 3 rings (SSSR count). The molecule has 0 N–H and O–H groups in total. The topological polar surface area (TPSA) is 17.8 Å². The van der Waals surface area contributed by atoms with Gasteiger partial charge in [-0.1, -0.05) is 42.5 Å². The Morgan fingerprint density at radius 3 is 2.79 bits per heavy atom. The molecule has 0 aliphatic carbocycles. The molecule has 0 aliphatic heterocycles. The van der Waals surface area contributed by atoms with Crippen molar-refractivity contribution in [1.82, 2.24) is 9.55 Å². The number of hydrogen-bond donors (Lipinski definition) is 0. The van der Waals surface area contributed by atoms with Crippen molar-refractivity contribution >= 4 is 22.5 Å². The fourth-order valence-electron chi connectivity index (χ4n) is 2.42. The zero-order valence-electron chi connectivity index (χ0n) is 10.9. The summed E-state index contributed by atoms with van der Waals surface area (Å²) in [5, 5.41) is 3.11. The first-order chi connectivity index (χ1) is 9.38. The summed E-state index contributed by atoms with van der Waals surface area (Å²) in [5.74, 6) is 0. The Hall–Kier alpha value is -1.74. The quantitative estimate of drug-likeness (QED) is 0.707. The number of nitrogens with zero attached hydrogens (tertiary/aromatic N) is 2. The van der Waals surface area contributed by atoms with Gasteiger partial charge in [-0.2, -0.15) is 11.8 Å². The first kappa shape index (κ1) is 12.3. The first-order valence-electron chi connectivity index (χ1n) is 6.34. The van der Waals surface area contributed by atoms with E-state index in [2.05, 4.69) is 58.3 Å². The zero-order valence-corrected chi connectivity index (χ0v) is 11.7. The predicted octanol–water partition coefficient (Wildman–Crippen LogP) is 4.14. The molecular weight excluding hydrogens is 252 g/mol. The highest BCUT2D eigenvalue weighted by molar-refractivity contribution is 7.98. The highest BCUT2D eigenvalue weighted by atomic mass is 32.2. The third kappa shape index (κ3) is 2.51. The molecular formula is C16H16N2S. The maximum atomic E-state index is 4.12. The Balaban J connectivity index is 2.01. The number of imidazole rings is 1. The molecule has 0 bridgehead atoms. The summed E-state index contributed by atoms with van der Waals surface area (Å²) in [6.45, 7) is 0.954. The Labute approximate surface area is 117 Å². The molecule has 0 spiro atoms. The van der Waals surface area contributed by atoms with Gasteiger partial charge in [-0.05, 0) is 22.6 Å². The van der Waals surface area contributed by atoms with E-state index in [1.54, 1.807) is 0 Å². The normalized spacial score (nSPS) is 12.7. The molecule has 3 aromatic rings.